The minimum absolute atomic E-state index is 0.0699. The number of allylic oxidation sites excluding steroid dienone is 2. The number of fused-ring (bicyclic) bond motifs is 1. The molecule has 0 aromatic carbocycles. The summed E-state index contributed by atoms with van der Waals surface area (Å²) >= 11 is 6.00. The third-order valence-corrected chi connectivity index (χ3v) is 4.76. The predicted octanol–water partition coefficient (Wildman–Crippen LogP) is 0.790. The van der Waals surface area contributed by atoms with Crippen LogP contribution < -0.4 is 10.2 Å². The maximum atomic E-state index is 14.0. The molecule has 9 heteroatoms. The fourth-order valence-electron chi connectivity index (χ4n) is 2.67. The van der Waals surface area contributed by atoms with E-state index in [0.29, 0.717) is 18.9 Å². The molecule has 1 aliphatic carbocycles. The number of β-amino-alcohol motifs (C(OH)–C–C–N with tert-alkyl or cyclic N) is 1. The van der Waals surface area contributed by atoms with E-state index >= 15 is 0 Å². The molecule has 3 N–H and O–H groups in total. The zero-order valence-electron chi connectivity index (χ0n) is 14.3. The van der Waals surface area contributed by atoms with Gasteiger partial charge in [0.1, 0.15) is 28.4 Å². The summed E-state index contributed by atoms with van der Waals surface area (Å²) in [6.07, 6.45) is -2.12. The van der Waals surface area contributed by atoms with Gasteiger partial charge in [-0.15, -0.1) is 0 Å². The van der Waals surface area contributed by atoms with Crippen molar-refractivity contribution in [2.45, 2.75) is 31.7 Å². The minimum atomic E-state index is -1.68. The lowest BCUT2D eigenvalue weighted by Gasteiger charge is -2.37. The summed E-state index contributed by atoms with van der Waals surface area (Å²) in [4.78, 5) is 31.1. The summed E-state index contributed by atoms with van der Waals surface area (Å²) in [5.74, 6) is -0.729. The van der Waals surface area contributed by atoms with E-state index in [4.69, 9.17) is 11.6 Å². The molecule has 7 nitrogen and oxygen atoms in total. The number of aliphatic hydroxyl groups excluding tert-OH is 1. The van der Waals surface area contributed by atoms with Crippen LogP contribution in [0.2, 0.25) is 0 Å². The van der Waals surface area contributed by atoms with Crippen molar-refractivity contribution in [2.75, 3.05) is 24.5 Å². The number of hydrogen-bond donors (Lipinski definition) is 3. The largest absolute Gasteiger partial charge is 0.389 e. The molecule has 26 heavy (non-hydrogen) atoms. The molecule has 0 radical (unpaired) electrons. The fourth-order valence-corrected chi connectivity index (χ4v) is 2.93. The molecular formula is C17H19ClFN3O4. The van der Waals surface area contributed by atoms with Crippen LogP contribution in [-0.2, 0) is 0 Å². The molecule has 1 atom stereocenters. The SMILES string of the molecule is CC(C)(O)[C@H](F)CNC1=C(Cl)C(=O)c2ccc(N3CC(O)C3)nc2C1=O. The molecule has 1 aromatic heterocycles. The Hall–Kier alpha value is -2.03. The number of carbonyl (C=O) groups excluding carboxylic acids is 2. The van der Waals surface area contributed by atoms with Gasteiger partial charge in [0.15, 0.2) is 0 Å². The summed E-state index contributed by atoms with van der Waals surface area (Å²) in [6.45, 7) is 3.00. The minimum Gasteiger partial charge on any atom is -0.389 e. The van der Waals surface area contributed by atoms with E-state index in [1.807, 2.05) is 0 Å². The highest BCUT2D eigenvalue weighted by Gasteiger charge is 2.36. The lowest BCUT2D eigenvalue weighted by atomic mass is 9.96. The van der Waals surface area contributed by atoms with Gasteiger partial charge in [0.05, 0.1) is 17.3 Å². The number of halogens is 2. The van der Waals surface area contributed by atoms with E-state index < -0.39 is 29.4 Å². The molecule has 0 saturated carbocycles. The average molecular weight is 384 g/mol. The second-order valence-corrected chi connectivity index (χ2v) is 7.35. The molecule has 0 spiro atoms. The standard InChI is InChI=1S/C17H19ClFN3O4/c1-17(2,26)10(19)5-20-14-12(18)15(24)9-3-4-11(21-13(9)16(14)25)22-6-8(23)7-22/h3-4,8,10,20,23,26H,5-7H2,1-2H3/t10-/m1/s1. The van der Waals surface area contributed by atoms with Gasteiger partial charge in [0, 0.05) is 19.6 Å². The number of nitrogens with zero attached hydrogens (tertiary/aromatic N) is 2. The van der Waals surface area contributed by atoms with Gasteiger partial charge in [-0.25, -0.2) is 9.37 Å². The molecule has 0 unspecified atom stereocenters. The van der Waals surface area contributed by atoms with Crippen LogP contribution in [-0.4, -0.2) is 64.3 Å². The predicted molar refractivity (Wildman–Crippen MR) is 93.2 cm³/mol. The molecule has 1 aliphatic heterocycles. The van der Waals surface area contributed by atoms with Crippen LogP contribution in [0.1, 0.15) is 34.7 Å². The van der Waals surface area contributed by atoms with Gasteiger partial charge in [-0.05, 0) is 26.0 Å². The van der Waals surface area contributed by atoms with Crippen LogP contribution in [0.4, 0.5) is 10.2 Å². The monoisotopic (exact) mass is 383 g/mol. The van der Waals surface area contributed by atoms with Gasteiger partial charge in [-0.2, -0.15) is 0 Å². The fraction of sp³-hybridized carbons (Fsp3) is 0.471. The first-order valence-electron chi connectivity index (χ1n) is 8.13. The van der Waals surface area contributed by atoms with Crippen molar-refractivity contribution in [1.29, 1.82) is 0 Å². The number of alkyl halides is 1. The summed E-state index contributed by atoms with van der Waals surface area (Å²) in [5, 5.41) is 21.2. The smallest absolute Gasteiger partial charge is 0.229 e. The van der Waals surface area contributed by atoms with E-state index in [9.17, 15) is 24.2 Å². The Morgan fingerprint density at radius 1 is 1.38 bits per heavy atom. The number of carbonyl (C=O) groups is 2. The maximum Gasteiger partial charge on any atom is 0.229 e. The van der Waals surface area contributed by atoms with Crippen molar-refractivity contribution in [3.05, 3.63) is 34.1 Å². The van der Waals surface area contributed by atoms with Crippen LogP contribution in [0.15, 0.2) is 22.9 Å². The van der Waals surface area contributed by atoms with Gasteiger partial charge in [0.25, 0.3) is 0 Å². The third kappa shape index (κ3) is 3.32. The van der Waals surface area contributed by atoms with Gasteiger partial charge >= 0.3 is 0 Å². The van der Waals surface area contributed by atoms with E-state index in [1.165, 1.54) is 19.9 Å². The number of anilines is 1. The van der Waals surface area contributed by atoms with Crippen molar-refractivity contribution < 1.29 is 24.2 Å². The van der Waals surface area contributed by atoms with Crippen LogP contribution in [0.5, 0.6) is 0 Å². The molecular weight excluding hydrogens is 365 g/mol. The Balaban J connectivity index is 1.86. The van der Waals surface area contributed by atoms with Gasteiger partial charge in [0.2, 0.25) is 11.6 Å². The zero-order valence-corrected chi connectivity index (χ0v) is 15.0. The van der Waals surface area contributed by atoms with Crippen LogP contribution in [0.25, 0.3) is 0 Å². The number of hydrogen-bond acceptors (Lipinski definition) is 7. The molecule has 140 valence electrons. The number of aromatic nitrogens is 1. The van der Waals surface area contributed by atoms with E-state index in [-0.39, 0.29) is 28.5 Å². The first-order valence-corrected chi connectivity index (χ1v) is 8.51. The summed E-state index contributed by atoms with van der Waals surface area (Å²) in [7, 11) is 0. The van der Waals surface area contributed by atoms with Crippen LogP contribution in [0, 0.1) is 0 Å². The van der Waals surface area contributed by atoms with E-state index in [0.717, 1.165) is 0 Å². The van der Waals surface area contributed by atoms with Crippen molar-refractivity contribution in [2.24, 2.45) is 0 Å². The normalized spacial score (nSPS) is 19.4. The van der Waals surface area contributed by atoms with E-state index in [2.05, 4.69) is 10.3 Å². The van der Waals surface area contributed by atoms with Gasteiger partial charge in [-0.1, -0.05) is 11.6 Å². The lowest BCUT2D eigenvalue weighted by Crippen LogP contribution is -2.51. The summed E-state index contributed by atoms with van der Waals surface area (Å²) in [5.41, 5.74) is -1.83. The van der Waals surface area contributed by atoms with Gasteiger partial charge < -0.3 is 20.4 Å². The number of Topliss-reactive ketones (excluding diaryl/α,β-unsaturated/α-hetero) is 2. The quantitative estimate of drug-likeness (QED) is 0.690. The highest BCUT2D eigenvalue weighted by Crippen LogP contribution is 2.29. The highest BCUT2D eigenvalue weighted by molar-refractivity contribution is 6.49. The number of pyridine rings is 1. The Bertz CT molecular complexity index is 800. The molecule has 0 amide bonds. The molecule has 2 aliphatic rings. The van der Waals surface area contributed by atoms with Crippen LogP contribution in [0.3, 0.4) is 0 Å². The molecule has 1 aromatic rings. The Labute approximate surface area is 154 Å². The zero-order chi connectivity index (χ0) is 19.2. The van der Waals surface area contributed by atoms with Crippen molar-refractivity contribution >= 4 is 29.0 Å². The number of ketones is 2. The second kappa shape index (κ2) is 6.61. The third-order valence-electron chi connectivity index (χ3n) is 4.40. The summed E-state index contributed by atoms with van der Waals surface area (Å²) in [6, 6.07) is 3.06. The average Bonchev–Trinajstić information content (AvgIpc) is 2.55. The Morgan fingerprint density at radius 2 is 2.04 bits per heavy atom. The number of nitrogens with one attached hydrogen (secondary N) is 1. The highest BCUT2D eigenvalue weighted by atomic mass is 35.5. The van der Waals surface area contributed by atoms with Crippen molar-refractivity contribution in [1.82, 2.24) is 10.3 Å². The molecule has 0 bridgehead atoms. The van der Waals surface area contributed by atoms with Crippen molar-refractivity contribution in [3.8, 4) is 0 Å². The summed E-state index contributed by atoms with van der Waals surface area (Å²) < 4.78 is 14.0. The number of rotatable bonds is 5. The van der Waals surface area contributed by atoms with E-state index in [1.54, 1.807) is 11.0 Å². The van der Waals surface area contributed by atoms with Gasteiger partial charge in [-0.3, -0.25) is 9.59 Å². The first kappa shape index (κ1) is 18.8. The Morgan fingerprint density at radius 3 is 2.62 bits per heavy atom. The molecule has 1 fully saturated rings. The Kier molecular flexibility index (Phi) is 4.76. The lowest BCUT2D eigenvalue weighted by molar-refractivity contribution is -0.00133. The number of aliphatic hydroxyl groups is 2. The molecule has 2 heterocycles. The molecule has 1 saturated heterocycles. The second-order valence-electron chi connectivity index (χ2n) is 6.97. The molecule has 3 rings (SSSR count). The van der Waals surface area contributed by atoms with Crippen molar-refractivity contribution in [3.63, 3.8) is 0 Å². The topological polar surface area (TPSA) is 103 Å². The first-order chi connectivity index (χ1) is 12.1. The maximum absolute atomic E-state index is 14.0. The van der Waals surface area contributed by atoms with Crippen LogP contribution >= 0.6 is 11.6 Å².